The number of benzene rings is 2. The number of halogens is 2. The first-order valence-electron chi connectivity index (χ1n) is 9.25. The van der Waals surface area contributed by atoms with Crippen molar-refractivity contribution in [1.82, 2.24) is 4.57 Å². The standard InChI is InChI=1S/C23H19F2NO3/c1-14-23(22(28)7-4-15-9-16(24)11-17(25)10-15)20-12-18(27)5-6-21(20)26(14)13-19-3-2-8-29-19/h2-3,5-6,8-12,27H,4,7,13H2,1H3. The van der Waals surface area contributed by atoms with Crippen molar-refractivity contribution in [3.8, 4) is 5.75 Å². The zero-order valence-corrected chi connectivity index (χ0v) is 15.8. The molecule has 2 aromatic heterocycles. The van der Waals surface area contributed by atoms with Crippen LogP contribution < -0.4 is 0 Å². The van der Waals surface area contributed by atoms with Crippen molar-refractivity contribution in [2.75, 3.05) is 0 Å². The Morgan fingerprint density at radius 3 is 2.55 bits per heavy atom. The van der Waals surface area contributed by atoms with Crippen molar-refractivity contribution < 1.29 is 23.1 Å². The van der Waals surface area contributed by atoms with E-state index in [1.54, 1.807) is 30.5 Å². The minimum Gasteiger partial charge on any atom is -0.508 e. The normalized spacial score (nSPS) is 11.3. The number of fused-ring (bicyclic) bond motifs is 1. The summed E-state index contributed by atoms with van der Waals surface area (Å²) in [6, 6.07) is 11.8. The molecule has 4 rings (SSSR count). The Hall–Kier alpha value is -3.41. The van der Waals surface area contributed by atoms with E-state index in [0.29, 0.717) is 23.1 Å². The van der Waals surface area contributed by atoms with Crippen LogP contribution >= 0.6 is 0 Å². The minimum absolute atomic E-state index is 0.0638. The first kappa shape index (κ1) is 18.9. The summed E-state index contributed by atoms with van der Waals surface area (Å²) < 4.78 is 34.2. The molecule has 0 unspecified atom stereocenters. The van der Waals surface area contributed by atoms with Crippen LogP contribution in [0.2, 0.25) is 0 Å². The fourth-order valence-electron chi connectivity index (χ4n) is 3.72. The Morgan fingerprint density at radius 1 is 1.10 bits per heavy atom. The summed E-state index contributed by atoms with van der Waals surface area (Å²) in [5, 5.41) is 10.6. The van der Waals surface area contributed by atoms with Gasteiger partial charge in [0.25, 0.3) is 0 Å². The lowest BCUT2D eigenvalue weighted by Gasteiger charge is -2.07. The Labute approximate surface area is 166 Å². The number of rotatable bonds is 6. The molecule has 0 saturated heterocycles. The second kappa shape index (κ2) is 7.54. The van der Waals surface area contributed by atoms with Crippen molar-refractivity contribution >= 4 is 16.7 Å². The molecule has 1 N–H and O–H groups in total. The van der Waals surface area contributed by atoms with Crippen LogP contribution in [0.1, 0.15) is 33.8 Å². The maximum Gasteiger partial charge on any atom is 0.165 e. The van der Waals surface area contributed by atoms with E-state index in [2.05, 4.69) is 0 Å². The summed E-state index contributed by atoms with van der Waals surface area (Å²) in [4.78, 5) is 13.0. The Morgan fingerprint density at radius 2 is 1.86 bits per heavy atom. The Kier molecular flexibility index (Phi) is 4.92. The van der Waals surface area contributed by atoms with Crippen LogP contribution in [0.5, 0.6) is 5.75 Å². The number of phenols is 1. The lowest BCUT2D eigenvalue weighted by Crippen LogP contribution is -2.06. The van der Waals surface area contributed by atoms with Gasteiger partial charge in [0.15, 0.2) is 5.78 Å². The van der Waals surface area contributed by atoms with Crippen molar-refractivity contribution in [2.24, 2.45) is 0 Å². The monoisotopic (exact) mass is 395 g/mol. The number of furan rings is 1. The van der Waals surface area contributed by atoms with Gasteiger partial charge in [0.2, 0.25) is 0 Å². The molecule has 0 amide bonds. The predicted octanol–water partition coefficient (Wildman–Crippen LogP) is 5.39. The van der Waals surface area contributed by atoms with Gasteiger partial charge in [-0.1, -0.05) is 0 Å². The molecule has 29 heavy (non-hydrogen) atoms. The summed E-state index contributed by atoms with van der Waals surface area (Å²) in [6.07, 6.45) is 1.91. The predicted molar refractivity (Wildman–Crippen MR) is 105 cm³/mol. The number of aryl methyl sites for hydroxylation is 1. The molecule has 4 aromatic rings. The number of carbonyl (C=O) groups excluding carboxylic acids is 1. The summed E-state index contributed by atoms with van der Waals surface area (Å²) in [7, 11) is 0. The van der Waals surface area contributed by atoms with Crippen LogP contribution in [-0.4, -0.2) is 15.5 Å². The number of hydrogen-bond donors (Lipinski definition) is 1. The number of Topliss-reactive ketones (excluding diaryl/α,β-unsaturated/α-hetero) is 1. The van der Waals surface area contributed by atoms with E-state index in [-0.39, 0.29) is 24.4 Å². The topological polar surface area (TPSA) is 55.4 Å². The molecule has 0 spiro atoms. The summed E-state index contributed by atoms with van der Waals surface area (Å²) in [5.74, 6) is -0.672. The molecule has 2 heterocycles. The third-order valence-corrected chi connectivity index (χ3v) is 5.04. The zero-order chi connectivity index (χ0) is 20.5. The molecule has 0 aliphatic heterocycles. The average molecular weight is 395 g/mol. The summed E-state index contributed by atoms with van der Waals surface area (Å²) in [6.45, 7) is 2.29. The molecule has 6 heteroatoms. The van der Waals surface area contributed by atoms with Crippen molar-refractivity contribution in [3.63, 3.8) is 0 Å². The average Bonchev–Trinajstić information content (AvgIpc) is 3.26. The van der Waals surface area contributed by atoms with E-state index in [9.17, 15) is 18.7 Å². The maximum atomic E-state index is 13.4. The van der Waals surface area contributed by atoms with Gasteiger partial charge >= 0.3 is 0 Å². The quantitative estimate of drug-likeness (QED) is 0.445. The minimum atomic E-state index is -0.663. The number of nitrogens with zero attached hydrogens (tertiary/aromatic N) is 1. The number of carbonyl (C=O) groups is 1. The van der Waals surface area contributed by atoms with Crippen LogP contribution in [0.15, 0.2) is 59.2 Å². The second-order valence-corrected chi connectivity index (χ2v) is 7.03. The molecule has 0 aliphatic carbocycles. The molecule has 4 nitrogen and oxygen atoms in total. The highest BCUT2D eigenvalue weighted by Gasteiger charge is 2.21. The highest BCUT2D eigenvalue weighted by atomic mass is 19.1. The van der Waals surface area contributed by atoms with Crippen LogP contribution in [0, 0.1) is 18.6 Å². The summed E-state index contributed by atoms with van der Waals surface area (Å²) in [5.41, 5.74) is 2.48. The molecule has 148 valence electrons. The molecule has 0 radical (unpaired) electrons. The first-order valence-corrected chi connectivity index (χ1v) is 9.25. The summed E-state index contributed by atoms with van der Waals surface area (Å²) >= 11 is 0. The van der Waals surface area contributed by atoms with Crippen LogP contribution in [0.25, 0.3) is 10.9 Å². The van der Waals surface area contributed by atoms with E-state index in [1.807, 2.05) is 17.6 Å². The molecule has 0 bridgehead atoms. The molecular weight excluding hydrogens is 376 g/mol. The van der Waals surface area contributed by atoms with Crippen molar-refractivity contribution in [1.29, 1.82) is 0 Å². The fourth-order valence-corrected chi connectivity index (χ4v) is 3.72. The van der Waals surface area contributed by atoms with E-state index in [1.165, 1.54) is 12.1 Å². The van der Waals surface area contributed by atoms with Crippen LogP contribution in [0.3, 0.4) is 0 Å². The number of hydrogen-bond acceptors (Lipinski definition) is 3. The lowest BCUT2D eigenvalue weighted by molar-refractivity contribution is 0.0983. The SMILES string of the molecule is Cc1c(C(=O)CCc2cc(F)cc(F)c2)c2cc(O)ccc2n1Cc1ccco1. The van der Waals surface area contributed by atoms with E-state index >= 15 is 0 Å². The van der Waals surface area contributed by atoms with Gasteiger partial charge in [-0.05, 0) is 61.4 Å². The van der Waals surface area contributed by atoms with Crippen LogP contribution in [0.4, 0.5) is 8.78 Å². The van der Waals surface area contributed by atoms with Gasteiger partial charge in [-0.3, -0.25) is 4.79 Å². The molecule has 0 saturated carbocycles. The number of aromatic hydroxyl groups is 1. The van der Waals surface area contributed by atoms with Gasteiger partial charge in [-0.25, -0.2) is 8.78 Å². The maximum absolute atomic E-state index is 13.4. The van der Waals surface area contributed by atoms with Gasteiger partial charge in [0.05, 0.1) is 12.8 Å². The fraction of sp³-hybridized carbons (Fsp3) is 0.174. The first-order chi connectivity index (χ1) is 13.9. The molecule has 2 aromatic carbocycles. The second-order valence-electron chi connectivity index (χ2n) is 7.03. The van der Waals surface area contributed by atoms with Crippen LogP contribution in [-0.2, 0) is 13.0 Å². The molecule has 0 fully saturated rings. The highest BCUT2D eigenvalue weighted by molar-refractivity contribution is 6.09. The van der Waals surface area contributed by atoms with E-state index in [0.717, 1.165) is 23.0 Å². The lowest BCUT2D eigenvalue weighted by atomic mass is 10.00. The highest BCUT2D eigenvalue weighted by Crippen LogP contribution is 2.31. The molecule has 0 atom stereocenters. The number of phenolic OH excluding ortho intramolecular Hbond substituents is 1. The van der Waals surface area contributed by atoms with Gasteiger partial charge in [0.1, 0.15) is 23.1 Å². The van der Waals surface area contributed by atoms with Gasteiger partial charge in [0, 0.05) is 34.6 Å². The smallest absolute Gasteiger partial charge is 0.165 e. The molecular formula is C23H19F2NO3. The third-order valence-electron chi connectivity index (χ3n) is 5.04. The van der Waals surface area contributed by atoms with Gasteiger partial charge in [-0.15, -0.1) is 0 Å². The van der Waals surface area contributed by atoms with Crippen molar-refractivity contribution in [3.05, 3.63) is 89.0 Å². The van der Waals surface area contributed by atoms with Crippen molar-refractivity contribution in [2.45, 2.75) is 26.3 Å². The number of ketones is 1. The largest absolute Gasteiger partial charge is 0.508 e. The zero-order valence-electron chi connectivity index (χ0n) is 15.8. The van der Waals surface area contributed by atoms with Gasteiger partial charge < -0.3 is 14.1 Å². The third kappa shape index (κ3) is 3.78. The molecule has 0 aliphatic rings. The Bertz CT molecular complexity index is 1170. The van der Waals surface area contributed by atoms with E-state index in [4.69, 9.17) is 4.42 Å². The Balaban J connectivity index is 1.69. The van der Waals surface area contributed by atoms with E-state index < -0.39 is 11.6 Å². The number of aromatic nitrogens is 1. The van der Waals surface area contributed by atoms with Gasteiger partial charge in [-0.2, -0.15) is 0 Å².